The molecule has 0 aliphatic carbocycles. The number of aromatic amines is 1. The zero-order chi connectivity index (χ0) is 18.1. The van der Waals surface area contributed by atoms with Crippen LogP contribution in [0.4, 0.5) is 5.82 Å². The average molecular weight is 351 g/mol. The molecule has 26 heavy (non-hydrogen) atoms. The van der Waals surface area contributed by atoms with Crippen LogP contribution in [0, 0.1) is 6.92 Å². The topological polar surface area (TPSA) is 153 Å². The first kappa shape index (κ1) is 15.5. The molecule has 130 valence electrons. The number of aromatic nitrogens is 6. The van der Waals surface area contributed by atoms with Crippen LogP contribution in [0.2, 0.25) is 0 Å². The molecular formula is C15H13N9O2. The molecule has 0 aliphatic rings. The molecular weight excluding hydrogens is 338 g/mol. The number of para-hydroxylation sites is 1. The van der Waals surface area contributed by atoms with Crippen molar-refractivity contribution in [3.63, 3.8) is 0 Å². The lowest BCUT2D eigenvalue weighted by molar-refractivity contribution is 0.0949. The third-order valence-corrected chi connectivity index (χ3v) is 3.80. The minimum atomic E-state index is -0.514. The van der Waals surface area contributed by atoms with Gasteiger partial charge in [0.1, 0.15) is 0 Å². The largest absolute Gasteiger partial charge is 0.378 e. The van der Waals surface area contributed by atoms with Gasteiger partial charge in [-0.15, -0.1) is 5.10 Å². The zero-order valence-electron chi connectivity index (χ0n) is 13.5. The smallest absolute Gasteiger partial charge is 0.293 e. The van der Waals surface area contributed by atoms with Crippen molar-refractivity contribution >= 4 is 28.8 Å². The number of carbonyl (C=O) groups is 1. The lowest BCUT2D eigenvalue weighted by Crippen LogP contribution is -2.19. The van der Waals surface area contributed by atoms with Gasteiger partial charge in [0.15, 0.2) is 5.69 Å². The number of amides is 1. The monoisotopic (exact) mass is 351 g/mol. The predicted octanol–water partition coefficient (Wildman–Crippen LogP) is 0.786. The fourth-order valence-corrected chi connectivity index (χ4v) is 2.49. The Kier molecular flexibility index (Phi) is 3.65. The van der Waals surface area contributed by atoms with Gasteiger partial charge in [-0.25, -0.2) is 10.1 Å². The lowest BCUT2D eigenvalue weighted by atomic mass is 10.2. The highest BCUT2D eigenvalue weighted by atomic mass is 16.6. The molecule has 0 unspecified atom stereocenters. The molecule has 0 aliphatic heterocycles. The van der Waals surface area contributed by atoms with Crippen LogP contribution in [0.3, 0.4) is 0 Å². The lowest BCUT2D eigenvalue weighted by Gasteiger charge is -1.99. The van der Waals surface area contributed by atoms with Crippen LogP contribution in [-0.2, 0) is 0 Å². The number of hydrogen-bond acceptors (Lipinski definition) is 8. The number of H-pyrrole nitrogens is 1. The second-order valence-corrected chi connectivity index (χ2v) is 5.40. The van der Waals surface area contributed by atoms with E-state index in [1.807, 2.05) is 30.5 Å². The summed E-state index contributed by atoms with van der Waals surface area (Å²) in [6.07, 6.45) is 3.36. The summed E-state index contributed by atoms with van der Waals surface area (Å²) in [7, 11) is 0. The number of hydrogen-bond donors (Lipinski definition) is 3. The number of fused-ring (bicyclic) bond motifs is 1. The Bertz CT molecular complexity index is 1120. The number of benzene rings is 1. The third-order valence-electron chi connectivity index (χ3n) is 3.80. The molecule has 4 aromatic rings. The first-order chi connectivity index (χ1) is 12.6. The van der Waals surface area contributed by atoms with E-state index in [1.54, 1.807) is 13.1 Å². The van der Waals surface area contributed by atoms with Gasteiger partial charge < -0.3 is 10.7 Å². The van der Waals surface area contributed by atoms with Crippen molar-refractivity contribution in [1.82, 2.24) is 35.7 Å². The van der Waals surface area contributed by atoms with Gasteiger partial charge >= 0.3 is 0 Å². The molecule has 1 aromatic carbocycles. The summed E-state index contributed by atoms with van der Waals surface area (Å²) < 4.78 is 5.79. The Balaban J connectivity index is 1.52. The number of anilines is 1. The second kappa shape index (κ2) is 6.12. The minimum absolute atomic E-state index is 0.0438. The molecule has 4 rings (SSSR count). The van der Waals surface area contributed by atoms with Gasteiger partial charge in [0.2, 0.25) is 11.6 Å². The van der Waals surface area contributed by atoms with E-state index >= 15 is 0 Å². The molecule has 4 N–H and O–H groups in total. The summed E-state index contributed by atoms with van der Waals surface area (Å²) in [5.74, 6) is -0.307. The normalized spacial score (nSPS) is 11.4. The quantitative estimate of drug-likeness (QED) is 0.363. The number of hydrazone groups is 1. The summed E-state index contributed by atoms with van der Waals surface area (Å²) in [5, 5.41) is 19.8. The fourth-order valence-electron chi connectivity index (χ4n) is 2.49. The summed E-state index contributed by atoms with van der Waals surface area (Å²) in [4.78, 5) is 15.4. The van der Waals surface area contributed by atoms with Crippen molar-refractivity contribution in [2.45, 2.75) is 6.92 Å². The van der Waals surface area contributed by atoms with Crippen LogP contribution in [0.1, 0.15) is 21.7 Å². The number of nitrogens with two attached hydrogens (primary N) is 1. The van der Waals surface area contributed by atoms with Gasteiger partial charge in [0, 0.05) is 22.7 Å². The highest BCUT2D eigenvalue weighted by Gasteiger charge is 2.20. The summed E-state index contributed by atoms with van der Waals surface area (Å²) in [5.41, 5.74) is 10.4. The molecule has 0 saturated carbocycles. The number of nitrogens with zero attached hydrogens (tertiary/aromatic N) is 6. The van der Waals surface area contributed by atoms with Crippen molar-refractivity contribution < 1.29 is 9.42 Å². The molecule has 0 saturated heterocycles. The highest BCUT2D eigenvalue weighted by Crippen LogP contribution is 2.16. The van der Waals surface area contributed by atoms with E-state index in [-0.39, 0.29) is 17.3 Å². The van der Waals surface area contributed by atoms with Crippen molar-refractivity contribution in [2.24, 2.45) is 5.10 Å². The van der Waals surface area contributed by atoms with Crippen LogP contribution in [0.15, 0.2) is 40.2 Å². The SMILES string of the molecule is Cc1c(C(=O)NN=Cc2c[nH]c3ccccc23)nnn1-c1nonc1N. The Labute approximate surface area is 145 Å². The van der Waals surface area contributed by atoms with Gasteiger partial charge in [-0.3, -0.25) is 4.79 Å². The first-order valence-electron chi connectivity index (χ1n) is 7.55. The Hall–Kier alpha value is -4.02. The first-order valence-corrected chi connectivity index (χ1v) is 7.55. The average Bonchev–Trinajstić information content (AvgIpc) is 3.34. The number of carbonyl (C=O) groups excluding carboxylic acids is 1. The number of rotatable bonds is 4. The van der Waals surface area contributed by atoms with Crippen molar-refractivity contribution in [3.05, 3.63) is 47.4 Å². The van der Waals surface area contributed by atoms with Gasteiger partial charge in [-0.1, -0.05) is 23.4 Å². The standard InChI is InChI=1S/C15H13N9O2/c1-8-12(19-23-24(8)14-13(16)21-26-22-14)15(25)20-18-7-9-6-17-11-5-3-2-4-10(9)11/h2-7,17H,1H3,(H2,16,21)(H,20,25). The molecule has 0 bridgehead atoms. The Morgan fingerprint density at radius 3 is 3.04 bits per heavy atom. The van der Waals surface area contributed by atoms with E-state index in [2.05, 4.69) is 40.8 Å². The van der Waals surface area contributed by atoms with Gasteiger partial charge in [-0.05, 0) is 23.3 Å². The Morgan fingerprint density at radius 2 is 2.23 bits per heavy atom. The molecule has 3 heterocycles. The van der Waals surface area contributed by atoms with Gasteiger partial charge in [0.05, 0.1) is 11.9 Å². The third kappa shape index (κ3) is 2.56. The van der Waals surface area contributed by atoms with Crippen molar-refractivity contribution in [2.75, 3.05) is 5.73 Å². The van der Waals surface area contributed by atoms with Crippen molar-refractivity contribution in [3.8, 4) is 5.82 Å². The molecule has 0 fully saturated rings. The molecule has 0 radical (unpaired) electrons. The zero-order valence-corrected chi connectivity index (χ0v) is 13.5. The fraction of sp³-hybridized carbons (Fsp3) is 0.0667. The van der Waals surface area contributed by atoms with Crippen molar-refractivity contribution in [1.29, 1.82) is 0 Å². The predicted molar refractivity (Wildman–Crippen MR) is 91.7 cm³/mol. The van der Waals surface area contributed by atoms with Crippen LogP contribution >= 0.6 is 0 Å². The maximum absolute atomic E-state index is 12.3. The Morgan fingerprint density at radius 1 is 1.38 bits per heavy atom. The summed E-state index contributed by atoms with van der Waals surface area (Å²) >= 11 is 0. The number of nitrogen functional groups attached to an aromatic ring is 1. The second-order valence-electron chi connectivity index (χ2n) is 5.40. The number of nitrogens with one attached hydrogen (secondary N) is 2. The summed E-state index contributed by atoms with van der Waals surface area (Å²) in [6, 6.07) is 7.78. The molecule has 1 amide bonds. The van der Waals surface area contributed by atoms with Gasteiger partial charge in [0.25, 0.3) is 5.91 Å². The highest BCUT2D eigenvalue weighted by molar-refractivity contribution is 6.00. The van der Waals surface area contributed by atoms with Crippen LogP contribution in [0.25, 0.3) is 16.7 Å². The minimum Gasteiger partial charge on any atom is -0.378 e. The van der Waals surface area contributed by atoms with Gasteiger partial charge in [-0.2, -0.15) is 9.78 Å². The maximum atomic E-state index is 12.3. The maximum Gasteiger partial charge on any atom is 0.293 e. The molecule has 11 heteroatoms. The van der Waals surface area contributed by atoms with E-state index in [1.165, 1.54) is 4.68 Å². The molecule has 3 aromatic heterocycles. The van der Waals surface area contributed by atoms with E-state index < -0.39 is 5.91 Å². The van der Waals surface area contributed by atoms with E-state index in [0.29, 0.717) is 5.69 Å². The molecule has 11 nitrogen and oxygen atoms in total. The molecule has 0 atom stereocenters. The van der Waals surface area contributed by atoms with Crippen LogP contribution in [-0.4, -0.2) is 42.4 Å². The molecule has 0 spiro atoms. The van der Waals surface area contributed by atoms with E-state index in [0.717, 1.165) is 16.5 Å². The van der Waals surface area contributed by atoms with E-state index in [9.17, 15) is 4.79 Å². The van der Waals surface area contributed by atoms with E-state index in [4.69, 9.17) is 5.73 Å². The summed E-state index contributed by atoms with van der Waals surface area (Å²) in [6.45, 7) is 1.65. The van der Waals surface area contributed by atoms with Crippen LogP contribution < -0.4 is 11.2 Å². The van der Waals surface area contributed by atoms with Crippen LogP contribution in [0.5, 0.6) is 0 Å².